The van der Waals surface area contributed by atoms with E-state index in [4.69, 9.17) is 0 Å². The Labute approximate surface area is 176 Å². The number of carbonyl (C=O) groups is 3. The third kappa shape index (κ3) is 3.64. The maximum Gasteiger partial charge on any atom is 0.252 e. The second-order valence-electron chi connectivity index (χ2n) is 8.76. The number of amides is 3. The third-order valence-corrected chi connectivity index (χ3v) is 6.41. The standard InChI is InChI=1S/C22H30N4O4/c1-3-4-9-25-20(29)19-10-18(28)12-26(19)22(21(25)30)13-24(14-22)11-16-5-7-17(8-6-16)23-15(2)27/h5-8,18-19,28H,3-4,9-14H2,1-2H3,(H,23,27)/t18-,19+/m1/s1. The summed E-state index contributed by atoms with van der Waals surface area (Å²) in [5.74, 6) is -0.362. The van der Waals surface area contributed by atoms with Crippen LogP contribution >= 0.6 is 0 Å². The maximum atomic E-state index is 13.4. The zero-order valence-corrected chi connectivity index (χ0v) is 17.6. The quantitative estimate of drug-likeness (QED) is 0.669. The summed E-state index contributed by atoms with van der Waals surface area (Å²) in [5.41, 5.74) is 1.15. The average Bonchev–Trinajstić information content (AvgIpc) is 3.06. The van der Waals surface area contributed by atoms with Crippen LogP contribution in [0.15, 0.2) is 24.3 Å². The molecule has 4 rings (SSSR count). The van der Waals surface area contributed by atoms with Crippen molar-refractivity contribution in [2.24, 2.45) is 0 Å². The first-order chi connectivity index (χ1) is 14.3. The minimum Gasteiger partial charge on any atom is -0.392 e. The van der Waals surface area contributed by atoms with E-state index < -0.39 is 17.7 Å². The van der Waals surface area contributed by atoms with Crippen LogP contribution in [-0.2, 0) is 20.9 Å². The number of likely N-dealkylation sites (tertiary alicyclic amines) is 1. The van der Waals surface area contributed by atoms with E-state index in [0.29, 0.717) is 39.1 Å². The van der Waals surface area contributed by atoms with Crippen LogP contribution in [0.4, 0.5) is 5.69 Å². The largest absolute Gasteiger partial charge is 0.392 e. The van der Waals surface area contributed by atoms with Gasteiger partial charge in [0.15, 0.2) is 0 Å². The van der Waals surface area contributed by atoms with Gasteiger partial charge >= 0.3 is 0 Å². The third-order valence-electron chi connectivity index (χ3n) is 6.41. The molecule has 0 bridgehead atoms. The average molecular weight is 415 g/mol. The van der Waals surface area contributed by atoms with Crippen LogP contribution in [0, 0.1) is 0 Å². The number of nitrogens with one attached hydrogen (secondary N) is 1. The SMILES string of the molecule is CCCCN1C(=O)[C@@H]2C[C@@H](O)CN2C2(CN(Cc3ccc(NC(C)=O)cc3)C2)C1=O. The number of unbranched alkanes of at least 4 members (excludes halogenated alkanes) is 1. The fraction of sp³-hybridized carbons (Fsp3) is 0.591. The number of aliphatic hydroxyl groups is 1. The lowest BCUT2D eigenvalue weighted by atomic mass is 9.82. The summed E-state index contributed by atoms with van der Waals surface area (Å²) in [6, 6.07) is 7.29. The summed E-state index contributed by atoms with van der Waals surface area (Å²) in [5, 5.41) is 13.0. The number of aliphatic hydroxyl groups excluding tert-OH is 1. The Morgan fingerprint density at radius 2 is 1.93 bits per heavy atom. The minimum atomic E-state index is -0.708. The van der Waals surface area contributed by atoms with Gasteiger partial charge in [-0.05, 0) is 30.5 Å². The van der Waals surface area contributed by atoms with Crippen molar-refractivity contribution in [3.05, 3.63) is 29.8 Å². The number of hydrogen-bond donors (Lipinski definition) is 2. The van der Waals surface area contributed by atoms with Gasteiger partial charge in [0.1, 0.15) is 5.54 Å². The minimum absolute atomic E-state index is 0.104. The topological polar surface area (TPSA) is 93.2 Å². The highest BCUT2D eigenvalue weighted by Gasteiger charge is 2.63. The number of carbonyl (C=O) groups excluding carboxylic acids is 3. The normalized spacial score (nSPS) is 26.0. The van der Waals surface area contributed by atoms with Gasteiger partial charge in [-0.3, -0.25) is 29.1 Å². The molecule has 3 amide bonds. The second-order valence-corrected chi connectivity index (χ2v) is 8.76. The molecule has 8 heteroatoms. The predicted molar refractivity (Wildman–Crippen MR) is 111 cm³/mol. The summed E-state index contributed by atoms with van der Waals surface area (Å²) in [6.45, 7) is 6.16. The number of anilines is 1. The summed E-state index contributed by atoms with van der Waals surface area (Å²) < 4.78 is 0. The Balaban J connectivity index is 1.46. The lowest BCUT2D eigenvalue weighted by Gasteiger charge is -2.58. The molecular formula is C22H30N4O4. The lowest BCUT2D eigenvalue weighted by molar-refractivity contribution is -0.180. The van der Waals surface area contributed by atoms with Crippen LogP contribution in [0.1, 0.15) is 38.7 Å². The Bertz CT molecular complexity index is 834. The van der Waals surface area contributed by atoms with Crippen molar-refractivity contribution in [2.75, 3.05) is 31.5 Å². The van der Waals surface area contributed by atoms with E-state index >= 15 is 0 Å². The number of piperazine rings is 1. The first kappa shape index (κ1) is 21.0. The van der Waals surface area contributed by atoms with E-state index in [-0.39, 0.29) is 17.7 Å². The second kappa shape index (κ2) is 8.09. The zero-order valence-electron chi connectivity index (χ0n) is 17.6. The zero-order chi connectivity index (χ0) is 21.5. The molecule has 3 saturated heterocycles. The fourth-order valence-electron chi connectivity index (χ4n) is 4.98. The number of β-amino-alcohol motifs (C(OH)–C–C–N with tert-alkyl or cyclic N) is 1. The van der Waals surface area contributed by atoms with Crippen molar-refractivity contribution in [3.8, 4) is 0 Å². The summed E-state index contributed by atoms with van der Waals surface area (Å²) in [7, 11) is 0. The number of hydrogen-bond acceptors (Lipinski definition) is 6. The first-order valence-electron chi connectivity index (χ1n) is 10.7. The molecule has 1 aromatic carbocycles. The van der Waals surface area contributed by atoms with Gasteiger partial charge in [-0.1, -0.05) is 25.5 Å². The van der Waals surface area contributed by atoms with Gasteiger partial charge in [0.2, 0.25) is 11.8 Å². The number of benzene rings is 1. The fourth-order valence-corrected chi connectivity index (χ4v) is 4.98. The molecule has 3 heterocycles. The van der Waals surface area contributed by atoms with Crippen LogP contribution in [0.25, 0.3) is 0 Å². The molecule has 3 aliphatic rings. The molecule has 2 atom stereocenters. The highest BCUT2D eigenvalue weighted by molar-refractivity contribution is 6.06. The molecule has 0 unspecified atom stereocenters. The highest BCUT2D eigenvalue weighted by atomic mass is 16.3. The number of rotatable bonds is 6. The molecule has 0 aliphatic carbocycles. The van der Waals surface area contributed by atoms with E-state index in [0.717, 1.165) is 24.1 Å². The Morgan fingerprint density at radius 1 is 1.23 bits per heavy atom. The Morgan fingerprint density at radius 3 is 2.57 bits per heavy atom. The van der Waals surface area contributed by atoms with Gasteiger partial charge < -0.3 is 10.4 Å². The van der Waals surface area contributed by atoms with Crippen molar-refractivity contribution in [2.45, 2.75) is 57.3 Å². The van der Waals surface area contributed by atoms with Crippen molar-refractivity contribution in [3.63, 3.8) is 0 Å². The van der Waals surface area contributed by atoms with Gasteiger partial charge in [-0.15, -0.1) is 0 Å². The molecule has 8 nitrogen and oxygen atoms in total. The number of fused-ring (bicyclic) bond motifs is 2. The molecule has 0 radical (unpaired) electrons. The van der Waals surface area contributed by atoms with Gasteiger partial charge in [0, 0.05) is 45.3 Å². The molecule has 3 aliphatic heterocycles. The van der Waals surface area contributed by atoms with Crippen molar-refractivity contribution >= 4 is 23.4 Å². The summed E-state index contributed by atoms with van der Waals surface area (Å²) in [6.07, 6.45) is 1.56. The monoisotopic (exact) mass is 414 g/mol. The Kier molecular flexibility index (Phi) is 5.65. The van der Waals surface area contributed by atoms with Crippen LogP contribution in [0.2, 0.25) is 0 Å². The van der Waals surface area contributed by atoms with Crippen LogP contribution < -0.4 is 5.32 Å². The van der Waals surface area contributed by atoms with Gasteiger partial charge in [-0.25, -0.2) is 0 Å². The van der Waals surface area contributed by atoms with E-state index in [1.54, 1.807) is 0 Å². The number of nitrogens with zero attached hydrogens (tertiary/aromatic N) is 3. The predicted octanol–water partition coefficient (Wildman–Crippen LogP) is 0.804. The van der Waals surface area contributed by atoms with Gasteiger partial charge in [-0.2, -0.15) is 0 Å². The lowest BCUT2D eigenvalue weighted by Crippen LogP contribution is -2.81. The molecule has 162 valence electrons. The van der Waals surface area contributed by atoms with Crippen LogP contribution in [0.5, 0.6) is 0 Å². The van der Waals surface area contributed by atoms with Crippen molar-refractivity contribution < 1.29 is 19.5 Å². The summed E-state index contributed by atoms with van der Waals surface area (Å²) in [4.78, 5) is 43.0. The van der Waals surface area contributed by atoms with E-state index in [9.17, 15) is 19.5 Å². The molecule has 30 heavy (non-hydrogen) atoms. The molecule has 1 spiro atoms. The molecule has 0 saturated carbocycles. The highest BCUT2D eigenvalue weighted by Crippen LogP contribution is 2.41. The van der Waals surface area contributed by atoms with Crippen molar-refractivity contribution in [1.82, 2.24) is 14.7 Å². The number of imide groups is 1. The van der Waals surface area contributed by atoms with E-state index in [2.05, 4.69) is 10.2 Å². The van der Waals surface area contributed by atoms with Crippen molar-refractivity contribution in [1.29, 1.82) is 0 Å². The molecule has 2 N–H and O–H groups in total. The Hall–Kier alpha value is -2.29. The molecule has 1 aromatic rings. The maximum absolute atomic E-state index is 13.4. The summed E-state index contributed by atoms with van der Waals surface area (Å²) >= 11 is 0. The van der Waals surface area contributed by atoms with Gasteiger partial charge in [0.25, 0.3) is 5.91 Å². The first-order valence-corrected chi connectivity index (χ1v) is 10.7. The van der Waals surface area contributed by atoms with Crippen LogP contribution in [0.3, 0.4) is 0 Å². The van der Waals surface area contributed by atoms with Gasteiger partial charge in [0.05, 0.1) is 12.1 Å². The molecular weight excluding hydrogens is 384 g/mol. The smallest absolute Gasteiger partial charge is 0.252 e. The molecule has 0 aromatic heterocycles. The van der Waals surface area contributed by atoms with E-state index in [1.807, 2.05) is 36.1 Å². The van der Waals surface area contributed by atoms with Crippen LogP contribution in [-0.4, -0.2) is 81.4 Å². The van der Waals surface area contributed by atoms with E-state index in [1.165, 1.54) is 11.8 Å². The molecule has 3 fully saturated rings.